The molecular weight excluding hydrogens is 326 g/mol. The van der Waals surface area contributed by atoms with Crippen LogP contribution in [-0.2, 0) is 6.54 Å². The first-order valence-corrected chi connectivity index (χ1v) is 9.16. The summed E-state index contributed by atoms with van der Waals surface area (Å²) < 4.78 is 5.48. The molecule has 0 radical (unpaired) electrons. The highest BCUT2D eigenvalue weighted by atomic mass is 16.5. The zero-order valence-corrected chi connectivity index (χ0v) is 15.6. The van der Waals surface area contributed by atoms with Crippen LogP contribution in [0.1, 0.15) is 28.4 Å². The summed E-state index contributed by atoms with van der Waals surface area (Å²) in [5.74, 6) is 0.986. The van der Waals surface area contributed by atoms with Crippen molar-refractivity contribution in [1.29, 1.82) is 0 Å². The van der Waals surface area contributed by atoms with Crippen LogP contribution < -0.4 is 10.5 Å². The van der Waals surface area contributed by atoms with Gasteiger partial charge in [-0.25, -0.2) is 0 Å². The quantitative estimate of drug-likeness (QED) is 0.840. The summed E-state index contributed by atoms with van der Waals surface area (Å²) in [4.78, 5) is 17.1. The van der Waals surface area contributed by atoms with Crippen molar-refractivity contribution in [3.8, 4) is 5.75 Å². The average molecular weight is 353 g/mol. The van der Waals surface area contributed by atoms with E-state index in [2.05, 4.69) is 17.0 Å². The number of nitrogens with two attached hydrogens (primary N) is 1. The lowest BCUT2D eigenvalue weighted by atomic mass is 10.1. The predicted octanol–water partition coefficient (Wildman–Crippen LogP) is 2.93. The topological polar surface area (TPSA) is 58.8 Å². The van der Waals surface area contributed by atoms with Crippen molar-refractivity contribution in [2.45, 2.75) is 20.4 Å². The Morgan fingerprint density at radius 2 is 1.77 bits per heavy atom. The van der Waals surface area contributed by atoms with Crippen LogP contribution in [0.2, 0.25) is 0 Å². The number of ether oxygens (including phenoxy) is 1. The molecule has 5 heteroatoms. The van der Waals surface area contributed by atoms with Crippen LogP contribution in [0.3, 0.4) is 0 Å². The number of nitrogens with zero attached hydrogens (tertiary/aromatic N) is 2. The molecule has 2 aromatic carbocycles. The van der Waals surface area contributed by atoms with E-state index in [0.717, 1.165) is 44.0 Å². The second-order valence-electron chi connectivity index (χ2n) is 6.72. The number of aryl methyl sites for hydroxylation is 1. The van der Waals surface area contributed by atoms with Gasteiger partial charge in [0, 0.05) is 44.0 Å². The molecule has 5 nitrogen and oxygen atoms in total. The van der Waals surface area contributed by atoms with Crippen molar-refractivity contribution in [3.63, 3.8) is 0 Å². The van der Waals surface area contributed by atoms with Gasteiger partial charge in [0.15, 0.2) is 0 Å². The van der Waals surface area contributed by atoms with Crippen molar-refractivity contribution >= 4 is 11.6 Å². The predicted molar refractivity (Wildman–Crippen MR) is 104 cm³/mol. The highest BCUT2D eigenvalue weighted by molar-refractivity contribution is 5.96. The maximum Gasteiger partial charge on any atom is 0.254 e. The van der Waals surface area contributed by atoms with Gasteiger partial charge >= 0.3 is 0 Å². The third-order valence-corrected chi connectivity index (χ3v) is 4.79. The monoisotopic (exact) mass is 353 g/mol. The minimum atomic E-state index is 0.0792. The van der Waals surface area contributed by atoms with Gasteiger partial charge in [-0.3, -0.25) is 9.69 Å². The standard InChI is InChI=1S/C21H27N3O2/c1-3-26-19-8-5-17(6-9-19)15-23-10-12-24(13-11-23)21(25)20-14-18(22)7-4-16(20)2/h4-9,14H,3,10-13,15,22H2,1-2H3. The number of hydrogen-bond acceptors (Lipinski definition) is 4. The van der Waals surface area contributed by atoms with Crippen LogP contribution in [0, 0.1) is 6.92 Å². The Bertz CT molecular complexity index is 750. The van der Waals surface area contributed by atoms with Gasteiger partial charge < -0.3 is 15.4 Å². The Labute approximate surface area is 155 Å². The summed E-state index contributed by atoms with van der Waals surface area (Å²) in [7, 11) is 0. The van der Waals surface area contributed by atoms with E-state index < -0.39 is 0 Å². The smallest absolute Gasteiger partial charge is 0.254 e. The van der Waals surface area contributed by atoms with Gasteiger partial charge in [-0.05, 0) is 49.2 Å². The van der Waals surface area contributed by atoms with Crippen LogP contribution in [-0.4, -0.2) is 48.5 Å². The number of benzene rings is 2. The lowest BCUT2D eigenvalue weighted by molar-refractivity contribution is 0.0628. The molecule has 2 aromatic rings. The van der Waals surface area contributed by atoms with E-state index in [4.69, 9.17) is 10.5 Å². The fourth-order valence-electron chi connectivity index (χ4n) is 3.27. The molecule has 2 N–H and O–H groups in total. The SMILES string of the molecule is CCOc1ccc(CN2CCN(C(=O)c3cc(N)ccc3C)CC2)cc1. The van der Waals surface area contributed by atoms with Crippen molar-refractivity contribution in [2.75, 3.05) is 38.5 Å². The number of carbonyl (C=O) groups is 1. The summed E-state index contributed by atoms with van der Waals surface area (Å²) in [6.07, 6.45) is 0. The Kier molecular flexibility index (Phi) is 5.78. The Balaban J connectivity index is 1.55. The summed E-state index contributed by atoms with van der Waals surface area (Å²) >= 11 is 0. The van der Waals surface area contributed by atoms with Gasteiger partial charge in [-0.1, -0.05) is 18.2 Å². The fraction of sp³-hybridized carbons (Fsp3) is 0.381. The minimum Gasteiger partial charge on any atom is -0.494 e. The van der Waals surface area contributed by atoms with Crippen LogP contribution in [0.15, 0.2) is 42.5 Å². The number of amides is 1. The summed E-state index contributed by atoms with van der Waals surface area (Å²) in [6.45, 7) is 8.75. The van der Waals surface area contributed by atoms with Crippen LogP contribution >= 0.6 is 0 Å². The van der Waals surface area contributed by atoms with Crippen LogP contribution in [0.4, 0.5) is 5.69 Å². The number of hydrogen-bond donors (Lipinski definition) is 1. The molecule has 1 saturated heterocycles. The Hall–Kier alpha value is -2.53. The molecule has 0 unspecified atom stereocenters. The first-order chi connectivity index (χ1) is 12.6. The summed E-state index contributed by atoms with van der Waals surface area (Å²) in [5, 5.41) is 0. The molecule has 1 aliphatic heterocycles. The molecule has 0 spiro atoms. The van der Waals surface area contributed by atoms with Crippen molar-refractivity contribution in [3.05, 3.63) is 59.2 Å². The largest absolute Gasteiger partial charge is 0.494 e. The van der Waals surface area contributed by atoms with Gasteiger partial charge in [0.2, 0.25) is 0 Å². The molecule has 1 aliphatic rings. The van der Waals surface area contributed by atoms with Gasteiger partial charge in [0.1, 0.15) is 5.75 Å². The second-order valence-corrected chi connectivity index (χ2v) is 6.72. The van der Waals surface area contributed by atoms with Gasteiger partial charge in [0.05, 0.1) is 6.61 Å². The van der Waals surface area contributed by atoms with Gasteiger partial charge in [0.25, 0.3) is 5.91 Å². The van der Waals surface area contributed by atoms with E-state index in [1.807, 2.05) is 43.0 Å². The molecule has 1 fully saturated rings. The van der Waals surface area contributed by atoms with Crippen molar-refractivity contribution < 1.29 is 9.53 Å². The van der Waals surface area contributed by atoms with Crippen LogP contribution in [0.5, 0.6) is 5.75 Å². The zero-order valence-electron chi connectivity index (χ0n) is 15.6. The Morgan fingerprint density at radius 1 is 1.08 bits per heavy atom. The normalized spacial score (nSPS) is 15.1. The maximum absolute atomic E-state index is 12.8. The number of nitrogen functional groups attached to an aromatic ring is 1. The van der Waals surface area contributed by atoms with Gasteiger partial charge in [-0.2, -0.15) is 0 Å². The lowest BCUT2D eigenvalue weighted by Gasteiger charge is -2.35. The van der Waals surface area contributed by atoms with E-state index in [1.165, 1.54) is 5.56 Å². The molecular formula is C21H27N3O2. The molecule has 26 heavy (non-hydrogen) atoms. The molecule has 1 amide bonds. The third-order valence-electron chi connectivity index (χ3n) is 4.79. The van der Waals surface area contributed by atoms with E-state index in [0.29, 0.717) is 17.9 Å². The molecule has 0 aromatic heterocycles. The van der Waals surface area contributed by atoms with Gasteiger partial charge in [-0.15, -0.1) is 0 Å². The summed E-state index contributed by atoms with van der Waals surface area (Å²) in [5.41, 5.74) is 9.43. The molecule has 0 bridgehead atoms. The third kappa shape index (κ3) is 4.35. The number of carbonyl (C=O) groups excluding carboxylic acids is 1. The highest BCUT2D eigenvalue weighted by Gasteiger charge is 2.23. The number of piperazine rings is 1. The molecule has 3 rings (SSSR count). The highest BCUT2D eigenvalue weighted by Crippen LogP contribution is 2.18. The fourth-order valence-corrected chi connectivity index (χ4v) is 3.27. The molecule has 0 atom stereocenters. The minimum absolute atomic E-state index is 0.0792. The molecule has 138 valence electrons. The first-order valence-electron chi connectivity index (χ1n) is 9.16. The number of anilines is 1. The molecule has 0 saturated carbocycles. The van der Waals surface area contributed by atoms with E-state index in [-0.39, 0.29) is 5.91 Å². The van der Waals surface area contributed by atoms with Crippen molar-refractivity contribution in [1.82, 2.24) is 9.80 Å². The van der Waals surface area contributed by atoms with Crippen molar-refractivity contribution in [2.24, 2.45) is 0 Å². The molecule has 0 aliphatic carbocycles. The van der Waals surface area contributed by atoms with Crippen LogP contribution in [0.25, 0.3) is 0 Å². The number of rotatable bonds is 5. The lowest BCUT2D eigenvalue weighted by Crippen LogP contribution is -2.48. The maximum atomic E-state index is 12.8. The summed E-state index contributed by atoms with van der Waals surface area (Å²) in [6, 6.07) is 13.8. The van der Waals surface area contributed by atoms with E-state index in [1.54, 1.807) is 6.07 Å². The second kappa shape index (κ2) is 8.23. The molecule has 1 heterocycles. The van der Waals surface area contributed by atoms with E-state index >= 15 is 0 Å². The Morgan fingerprint density at radius 3 is 2.42 bits per heavy atom. The average Bonchev–Trinajstić information content (AvgIpc) is 2.66. The zero-order chi connectivity index (χ0) is 18.5. The first kappa shape index (κ1) is 18.3. The van der Waals surface area contributed by atoms with E-state index in [9.17, 15) is 4.79 Å².